The minimum atomic E-state index is -0.525. The lowest BCUT2D eigenvalue weighted by molar-refractivity contribution is -0.125. The molecule has 0 saturated carbocycles. The Morgan fingerprint density at radius 3 is 2.95 bits per heavy atom. The molecule has 2 N–H and O–H groups in total. The van der Waals surface area contributed by atoms with Gasteiger partial charge in [0.15, 0.2) is 0 Å². The minimum Gasteiger partial charge on any atom is -0.496 e. The first-order valence-electron chi connectivity index (χ1n) is 7.11. The molecule has 2 rings (SSSR count). The van der Waals surface area contributed by atoms with Gasteiger partial charge in [-0.1, -0.05) is 11.6 Å². The predicted molar refractivity (Wildman–Crippen MR) is 82.2 cm³/mol. The van der Waals surface area contributed by atoms with Crippen LogP contribution in [0.15, 0.2) is 18.2 Å². The zero-order valence-electron chi connectivity index (χ0n) is 12.3. The van der Waals surface area contributed by atoms with Gasteiger partial charge in [0, 0.05) is 18.1 Å². The topological polar surface area (TPSA) is 78.9 Å². The van der Waals surface area contributed by atoms with Gasteiger partial charge in [-0.15, -0.1) is 0 Å². The number of carbonyl (C=O) groups excluding carboxylic acids is 2. The Kier molecular flexibility index (Phi) is 5.63. The van der Waals surface area contributed by atoms with Crippen LogP contribution in [-0.2, 0) is 4.79 Å². The van der Waals surface area contributed by atoms with Crippen molar-refractivity contribution in [1.29, 1.82) is 0 Å². The number of likely N-dealkylation sites (tertiary alicyclic amines) is 1. The molecular weight excluding hydrogens is 308 g/mol. The number of halogens is 1. The molecule has 0 spiro atoms. The fourth-order valence-corrected chi connectivity index (χ4v) is 2.75. The molecular formula is C15H19ClN2O4. The predicted octanol–water partition coefficient (Wildman–Crippen LogP) is 1.06. The average molecular weight is 327 g/mol. The molecule has 7 heteroatoms. The molecule has 1 aliphatic rings. The maximum absolute atomic E-state index is 12.7. The number of amides is 2. The van der Waals surface area contributed by atoms with Crippen molar-refractivity contribution in [2.75, 3.05) is 26.8 Å². The summed E-state index contributed by atoms with van der Waals surface area (Å²) in [5.41, 5.74) is 0.344. The standard InChI is InChI=1S/C15H19ClN2O4/c1-22-13-5-4-10(16)9-11(13)15(21)18-7-2-3-12(18)14(20)17-6-8-19/h4-5,9,12,19H,2-3,6-8H2,1H3,(H,17,20)/t12-/m0/s1. The molecule has 0 unspecified atom stereocenters. The smallest absolute Gasteiger partial charge is 0.258 e. The van der Waals surface area contributed by atoms with E-state index in [1.54, 1.807) is 18.2 Å². The van der Waals surface area contributed by atoms with Crippen LogP contribution in [0.3, 0.4) is 0 Å². The van der Waals surface area contributed by atoms with Crippen molar-refractivity contribution in [2.24, 2.45) is 0 Å². The van der Waals surface area contributed by atoms with E-state index in [9.17, 15) is 9.59 Å². The van der Waals surface area contributed by atoms with Crippen LogP contribution in [0.2, 0.25) is 5.02 Å². The zero-order chi connectivity index (χ0) is 16.1. The highest BCUT2D eigenvalue weighted by molar-refractivity contribution is 6.31. The van der Waals surface area contributed by atoms with E-state index < -0.39 is 6.04 Å². The fraction of sp³-hybridized carbons (Fsp3) is 0.467. The van der Waals surface area contributed by atoms with E-state index in [1.807, 2.05) is 0 Å². The summed E-state index contributed by atoms with van der Waals surface area (Å²) in [5.74, 6) is -0.0993. The first-order valence-corrected chi connectivity index (χ1v) is 7.49. The molecule has 0 radical (unpaired) electrons. The second-order valence-corrected chi connectivity index (χ2v) is 5.45. The van der Waals surface area contributed by atoms with Gasteiger partial charge in [-0.05, 0) is 31.0 Å². The summed E-state index contributed by atoms with van der Waals surface area (Å²) in [6.45, 7) is 0.554. The molecule has 0 aromatic heterocycles. The zero-order valence-corrected chi connectivity index (χ0v) is 13.1. The maximum Gasteiger partial charge on any atom is 0.258 e. The Morgan fingerprint density at radius 2 is 2.27 bits per heavy atom. The molecule has 22 heavy (non-hydrogen) atoms. The number of aliphatic hydroxyl groups excluding tert-OH is 1. The molecule has 1 aromatic rings. The lowest BCUT2D eigenvalue weighted by Gasteiger charge is -2.24. The lowest BCUT2D eigenvalue weighted by atomic mass is 10.1. The van der Waals surface area contributed by atoms with Gasteiger partial charge < -0.3 is 20.1 Å². The number of ether oxygens (including phenoxy) is 1. The Balaban J connectivity index is 2.21. The van der Waals surface area contributed by atoms with Crippen molar-refractivity contribution < 1.29 is 19.4 Å². The van der Waals surface area contributed by atoms with Gasteiger partial charge in [0.1, 0.15) is 11.8 Å². The second kappa shape index (κ2) is 7.47. The Hall–Kier alpha value is -1.79. The summed E-state index contributed by atoms with van der Waals surface area (Å²) >= 11 is 5.96. The first kappa shape index (κ1) is 16.6. The van der Waals surface area contributed by atoms with E-state index >= 15 is 0 Å². The minimum absolute atomic E-state index is 0.130. The van der Waals surface area contributed by atoms with E-state index in [0.717, 1.165) is 6.42 Å². The van der Waals surface area contributed by atoms with Gasteiger partial charge in [-0.3, -0.25) is 9.59 Å². The number of carbonyl (C=O) groups is 2. The van der Waals surface area contributed by atoms with Gasteiger partial charge in [-0.2, -0.15) is 0 Å². The average Bonchev–Trinajstić information content (AvgIpc) is 3.01. The van der Waals surface area contributed by atoms with Crippen molar-refractivity contribution in [2.45, 2.75) is 18.9 Å². The molecule has 1 atom stereocenters. The van der Waals surface area contributed by atoms with Gasteiger partial charge >= 0.3 is 0 Å². The molecule has 1 aliphatic heterocycles. The summed E-state index contributed by atoms with van der Waals surface area (Å²) in [7, 11) is 1.48. The molecule has 1 fully saturated rings. The normalized spacial score (nSPS) is 17.4. The van der Waals surface area contributed by atoms with Gasteiger partial charge in [0.2, 0.25) is 5.91 Å². The van der Waals surface area contributed by atoms with Crippen molar-refractivity contribution >= 4 is 23.4 Å². The summed E-state index contributed by atoms with van der Waals surface area (Å²) in [4.78, 5) is 26.4. The maximum atomic E-state index is 12.7. The number of methoxy groups -OCH3 is 1. The molecule has 120 valence electrons. The second-order valence-electron chi connectivity index (χ2n) is 5.02. The number of benzene rings is 1. The van der Waals surface area contributed by atoms with Crippen molar-refractivity contribution in [3.63, 3.8) is 0 Å². The van der Waals surface area contributed by atoms with Crippen LogP contribution in [0.4, 0.5) is 0 Å². The third-order valence-electron chi connectivity index (χ3n) is 3.62. The van der Waals surface area contributed by atoms with Gasteiger partial charge in [0.25, 0.3) is 5.91 Å². The van der Waals surface area contributed by atoms with E-state index in [4.69, 9.17) is 21.4 Å². The summed E-state index contributed by atoms with van der Waals surface area (Å²) in [6, 6.07) is 4.30. The van der Waals surface area contributed by atoms with Crippen LogP contribution in [0, 0.1) is 0 Å². The van der Waals surface area contributed by atoms with Crippen LogP contribution >= 0.6 is 11.6 Å². The van der Waals surface area contributed by atoms with Crippen molar-refractivity contribution in [3.05, 3.63) is 28.8 Å². The fourth-order valence-electron chi connectivity index (χ4n) is 2.58. The Labute approximate surface area is 134 Å². The molecule has 0 bridgehead atoms. The van der Waals surface area contributed by atoms with Crippen LogP contribution in [-0.4, -0.2) is 54.7 Å². The first-order chi connectivity index (χ1) is 10.6. The highest BCUT2D eigenvalue weighted by Crippen LogP contribution is 2.27. The largest absolute Gasteiger partial charge is 0.496 e. The SMILES string of the molecule is COc1ccc(Cl)cc1C(=O)N1CCC[C@H]1C(=O)NCCO. The summed E-state index contributed by atoms with van der Waals surface area (Å²) < 4.78 is 5.20. The molecule has 2 amide bonds. The van der Waals surface area contributed by atoms with Crippen molar-refractivity contribution in [3.8, 4) is 5.75 Å². The van der Waals surface area contributed by atoms with E-state index in [2.05, 4.69) is 5.32 Å². The monoisotopic (exact) mass is 326 g/mol. The summed E-state index contributed by atoms with van der Waals surface area (Å²) in [5, 5.41) is 11.8. The number of aliphatic hydroxyl groups is 1. The molecule has 0 aliphatic carbocycles. The van der Waals surface area contributed by atoms with Gasteiger partial charge in [-0.25, -0.2) is 0 Å². The van der Waals surface area contributed by atoms with Gasteiger partial charge in [0.05, 0.1) is 19.3 Å². The number of rotatable bonds is 5. The quantitative estimate of drug-likeness (QED) is 0.848. The third-order valence-corrected chi connectivity index (χ3v) is 3.85. The number of hydrogen-bond donors (Lipinski definition) is 2. The number of nitrogens with one attached hydrogen (secondary N) is 1. The van der Waals surface area contributed by atoms with Crippen LogP contribution in [0.1, 0.15) is 23.2 Å². The Morgan fingerprint density at radius 1 is 1.50 bits per heavy atom. The molecule has 1 heterocycles. The number of hydrogen-bond acceptors (Lipinski definition) is 4. The summed E-state index contributed by atoms with van der Waals surface area (Å²) in [6.07, 6.45) is 1.36. The van der Waals surface area contributed by atoms with Crippen molar-refractivity contribution in [1.82, 2.24) is 10.2 Å². The van der Waals surface area contributed by atoms with Crippen LogP contribution < -0.4 is 10.1 Å². The molecule has 6 nitrogen and oxygen atoms in total. The van der Waals surface area contributed by atoms with Crippen LogP contribution in [0.25, 0.3) is 0 Å². The molecule has 1 saturated heterocycles. The van der Waals surface area contributed by atoms with E-state index in [-0.39, 0.29) is 25.0 Å². The number of nitrogens with zero attached hydrogens (tertiary/aromatic N) is 1. The third kappa shape index (κ3) is 3.51. The highest BCUT2D eigenvalue weighted by Gasteiger charge is 2.35. The highest BCUT2D eigenvalue weighted by atomic mass is 35.5. The molecule has 1 aromatic carbocycles. The lowest BCUT2D eigenvalue weighted by Crippen LogP contribution is -2.46. The van der Waals surface area contributed by atoms with E-state index in [1.165, 1.54) is 12.0 Å². The van der Waals surface area contributed by atoms with Crippen LogP contribution in [0.5, 0.6) is 5.75 Å². The van der Waals surface area contributed by atoms with E-state index in [0.29, 0.717) is 29.3 Å². The Bertz CT molecular complexity index is 564.